The molecule has 8 heteroatoms. The molecule has 0 unspecified atom stereocenters. The van der Waals surface area contributed by atoms with Crippen LogP contribution < -0.4 is 0 Å². The Labute approximate surface area is 185 Å². The molecule has 158 valence electrons. The van der Waals surface area contributed by atoms with Crippen LogP contribution in [0.4, 0.5) is 0 Å². The van der Waals surface area contributed by atoms with Crippen molar-refractivity contribution in [1.29, 1.82) is 0 Å². The van der Waals surface area contributed by atoms with E-state index in [-0.39, 0.29) is 11.8 Å². The molecule has 0 radical (unpaired) electrons. The van der Waals surface area contributed by atoms with Gasteiger partial charge >= 0.3 is 0 Å². The molecule has 0 bridgehead atoms. The molecule has 1 aliphatic heterocycles. The number of aliphatic hydroxyl groups is 1. The first kappa shape index (κ1) is 21.1. The Bertz CT molecular complexity index is 1060. The van der Waals surface area contributed by atoms with E-state index < -0.39 is 11.5 Å². The fraction of sp³-hybridized carbons (Fsp3) is 0.409. The number of carbonyl (C=O) groups excluding carboxylic acids is 1. The Hall–Kier alpha value is -2.15. The maximum absolute atomic E-state index is 12.7. The van der Waals surface area contributed by atoms with E-state index in [0.717, 1.165) is 29.3 Å². The topological polar surface area (TPSA) is 82.1 Å². The van der Waals surface area contributed by atoms with Gasteiger partial charge < -0.3 is 10.0 Å². The van der Waals surface area contributed by atoms with E-state index in [1.807, 2.05) is 11.0 Å². The molecule has 4 rings (SSSR count). The highest BCUT2D eigenvalue weighted by Gasteiger charge is 2.40. The largest absolute Gasteiger partial charge is 0.388 e. The molecule has 1 amide bonds. The van der Waals surface area contributed by atoms with Gasteiger partial charge in [-0.05, 0) is 48.4 Å². The number of halogens is 2. The number of hydrogen-bond acceptors (Lipinski definition) is 4. The van der Waals surface area contributed by atoms with Gasteiger partial charge in [0.1, 0.15) is 5.69 Å². The first-order chi connectivity index (χ1) is 14.3. The quantitative estimate of drug-likeness (QED) is 0.598. The summed E-state index contributed by atoms with van der Waals surface area (Å²) in [6.45, 7) is 5.39. The minimum atomic E-state index is -0.718. The summed E-state index contributed by atoms with van der Waals surface area (Å²) < 4.78 is 0. The summed E-state index contributed by atoms with van der Waals surface area (Å²) in [6.07, 6.45) is 4.08. The molecule has 3 aromatic rings. The van der Waals surface area contributed by atoms with E-state index in [2.05, 4.69) is 29.0 Å². The molecule has 0 aliphatic carbocycles. The van der Waals surface area contributed by atoms with Gasteiger partial charge in [-0.25, -0.2) is 4.98 Å². The highest BCUT2D eigenvalue weighted by atomic mass is 35.5. The molecule has 1 aliphatic rings. The molecule has 0 spiro atoms. The third-order valence-corrected chi connectivity index (χ3v) is 6.77. The zero-order chi connectivity index (χ0) is 21.5. The Morgan fingerprint density at radius 2 is 1.93 bits per heavy atom. The fourth-order valence-electron chi connectivity index (χ4n) is 4.38. The number of aromatic nitrogens is 3. The van der Waals surface area contributed by atoms with Gasteiger partial charge in [-0.2, -0.15) is 5.10 Å². The number of aromatic amines is 1. The molecule has 2 aromatic heterocycles. The number of piperidine rings is 1. The van der Waals surface area contributed by atoms with Gasteiger partial charge in [-0.1, -0.05) is 37.0 Å². The van der Waals surface area contributed by atoms with Crippen molar-refractivity contribution >= 4 is 40.0 Å². The second-order valence-corrected chi connectivity index (χ2v) is 9.35. The Morgan fingerprint density at radius 1 is 1.20 bits per heavy atom. The second kappa shape index (κ2) is 8.17. The summed E-state index contributed by atoms with van der Waals surface area (Å²) >= 11 is 12.1. The Balaban J connectivity index is 1.48. The summed E-state index contributed by atoms with van der Waals surface area (Å²) in [5.41, 5.74) is 1.55. The third-order valence-electron chi connectivity index (χ3n) is 6.32. The van der Waals surface area contributed by atoms with Gasteiger partial charge in [0.25, 0.3) is 5.91 Å². The van der Waals surface area contributed by atoms with E-state index in [1.54, 1.807) is 24.4 Å². The minimum absolute atomic E-state index is 0.0857. The molecule has 2 N–H and O–H groups in total. The van der Waals surface area contributed by atoms with Gasteiger partial charge in [-0.3, -0.25) is 9.89 Å². The number of carbonyl (C=O) groups is 1. The van der Waals surface area contributed by atoms with E-state index in [4.69, 9.17) is 23.2 Å². The van der Waals surface area contributed by atoms with Crippen LogP contribution in [0.5, 0.6) is 0 Å². The zero-order valence-electron chi connectivity index (χ0n) is 16.9. The number of H-pyrrole nitrogens is 1. The molecule has 0 saturated carbocycles. The number of benzene rings is 1. The number of amides is 1. The summed E-state index contributed by atoms with van der Waals surface area (Å²) in [5, 5.41) is 20.3. The maximum atomic E-state index is 12.7. The van der Waals surface area contributed by atoms with Gasteiger partial charge in [-0.15, -0.1) is 0 Å². The van der Waals surface area contributed by atoms with Crippen molar-refractivity contribution in [3.8, 4) is 0 Å². The molecule has 1 saturated heterocycles. The van der Waals surface area contributed by atoms with Crippen LogP contribution in [0.3, 0.4) is 0 Å². The lowest BCUT2D eigenvalue weighted by Crippen LogP contribution is -2.43. The lowest BCUT2D eigenvalue weighted by molar-refractivity contribution is -0.0165. The van der Waals surface area contributed by atoms with E-state index in [0.29, 0.717) is 28.8 Å². The van der Waals surface area contributed by atoms with Crippen LogP contribution in [0.25, 0.3) is 10.9 Å². The van der Waals surface area contributed by atoms with Crippen LogP contribution in [-0.2, 0) is 0 Å². The van der Waals surface area contributed by atoms with Gasteiger partial charge in [0.15, 0.2) is 0 Å². The monoisotopic (exact) mass is 446 g/mol. The Kier molecular flexibility index (Phi) is 5.75. The maximum Gasteiger partial charge on any atom is 0.272 e. The summed E-state index contributed by atoms with van der Waals surface area (Å²) in [7, 11) is 0. The zero-order valence-corrected chi connectivity index (χ0v) is 18.4. The average Bonchev–Trinajstić information content (AvgIpc) is 3.21. The number of nitrogens with zero attached hydrogens (tertiary/aromatic N) is 3. The number of nitrogens with one attached hydrogen (secondary N) is 1. The minimum Gasteiger partial charge on any atom is -0.388 e. The highest BCUT2D eigenvalue weighted by Crippen LogP contribution is 2.46. The summed E-state index contributed by atoms with van der Waals surface area (Å²) in [4.78, 5) is 18.7. The summed E-state index contributed by atoms with van der Waals surface area (Å²) in [5.74, 6) is 0.157. The van der Waals surface area contributed by atoms with Crippen molar-refractivity contribution in [1.82, 2.24) is 20.1 Å². The first-order valence-corrected chi connectivity index (χ1v) is 10.7. The smallest absolute Gasteiger partial charge is 0.272 e. The van der Waals surface area contributed by atoms with Crippen molar-refractivity contribution < 1.29 is 9.90 Å². The molecule has 1 aromatic carbocycles. The normalized spacial score (nSPS) is 16.8. The average molecular weight is 447 g/mol. The number of pyridine rings is 1. The van der Waals surface area contributed by atoms with Crippen molar-refractivity contribution in [2.75, 3.05) is 13.1 Å². The van der Waals surface area contributed by atoms with E-state index in [1.165, 1.54) is 6.20 Å². The molecule has 6 nitrogen and oxygen atoms in total. The van der Waals surface area contributed by atoms with Crippen molar-refractivity contribution in [3.63, 3.8) is 0 Å². The van der Waals surface area contributed by atoms with Crippen LogP contribution in [0.15, 0.2) is 36.7 Å². The number of likely N-dealkylation sites (tertiary alicyclic amines) is 1. The lowest BCUT2D eigenvalue weighted by atomic mass is 9.68. The molecular weight excluding hydrogens is 423 g/mol. The van der Waals surface area contributed by atoms with Crippen LogP contribution in [0, 0.1) is 11.3 Å². The van der Waals surface area contributed by atoms with E-state index in [9.17, 15) is 9.90 Å². The van der Waals surface area contributed by atoms with E-state index >= 15 is 0 Å². The molecule has 1 fully saturated rings. The second-order valence-electron chi connectivity index (χ2n) is 8.48. The number of rotatable bonds is 4. The molecule has 3 heterocycles. The first-order valence-electron chi connectivity index (χ1n) is 9.99. The molecule has 1 atom stereocenters. The standard InChI is InChI=1S/C22H24Cl2N4O2/c1-22(2,20(29)17-10-16(24)9-13-11-26-27-19(13)17)14-5-7-28(8-6-14)21(30)18-4-3-15(23)12-25-18/h3-4,9-12,14,20,29H,5-8H2,1-2H3,(H,26,27)/t20-/m1/s1. The number of hydrogen-bond donors (Lipinski definition) is 2. The van der Waals surface area contributed by atoms with Crippen molar-refractivity contribution in [2.24, 2.45) is 11.3 Å². The molecule has 30 heavy (non-hydrogen) atoms. The van der Waals surface area contributed by atoms with Crippen LogP contribution in [0.2, 0.25) is 10.0 Å². The van der Waals surface area contributed by atoms with Crippen LogP contribution in [0.1, 0.15) is 48.8 Å². The van der Waals surface area contributed by atoms with Crippen molar-refractivity contribution in [3.05, 3.63) is 58.0 Å². The van der Waals surface area contributed by atoms with Crippen molar-refractivity contribution in [2.45, 2.75) is 32.8 Å². The van der Waals surface area contributed by atoms with Crippen LogP contribution >= 0.6 is 23.2 Å². The van der Waals surface area contributed by atoms with Gasteiger partial charge in [0.05, 0.1) is 22.8 Å². The number of fused-ring (bicyclic) bond motifs is 1. The third kappa shape index (κ3) is 3.92. The predicted molar refractivity (Wildman–Crippen MR) is 118 cm³/mol. The molecular formula is C22H24Cl2N4O2. The SMILES string of the molecule is CC(C)(C1CCN(C(=O)c2ccc(Cl)cn2)CC1)[C@H](O)c1cc(Cl)cc2cn[nH]c12. The van der Waals surface area contributed by atoms with Gasteiger partial charge in [0, 0.05) is 35.3 Å². The summed E-state index contributed by atoms with van der Waals surface area (Å²) in [6, 6.07) is 6.96. The highest BCUT2D eigenvalue weighted by molar-refractivity contribution is 6.31. The van der Waals surface area contributed by atoms with Gasteiger partial charge in [0.2, 0.25) is 0 Å². The number of aliphatic hydroxyl groups excluding tert-OH is 1. The predicted octanol–water partition coefficient (Wildman–Crippen LogP) is 4.88. The fourth-order valence-corrected chi connectivity index (χ4v) is 4.72. The Morgan fingerprint density at radius 3 is 2.60 bits per heavy atom. The van der Waals surface area contributed by atoms with Crippen LogP contribution in [-0.4, -0.2) is 44.2 Å². The lowest BCUT2D eigenvalue weighted by Gasteiger charge is -2.43.